The summed E-state index contributed by atoms with van der Waals surface area (Å²) in [6.07, 6.45) is 14.6. The van der Waals surface area contributed by atoms with E-state index >= 15 is 0 Å². The van der Waals surface area contributed by atoms with Gasteiger partial charge in [0, 0.05) is 19.4 Å². The fraction of sp³-hybridized carbons (Fsp3) is 0.783. The van der Waals surface area contributed by atoms with Crippen molar-refractivity contribution in [3.63, 3.8) is 0 Å². The van der Waals surface area contributed by atoms with Gasteiger partial charge in [-0.15, -0.1) is 6.58 Å². The molecule has 1 aliphatic carbocycles. The largest absolute Gasteiger partial charge is 0.469 e. The van der Waals surface area contributed by atoms with E-state index in [9.17, 15) is 9.90 Å². The molecule has 0 spiro atoms. The standard InChI is InChI=1S/C23H40O4/c1-5-8-11-14-18(6-2)23-19(20(24)17-21(23)27-7-3)15-12-9-10-13-16-22(25)26-4/h6,9,12,18-21,23-24H,2,5,7-8,10-11,13-17H2,1,3-4H3. The molecule has 0 aromatic heterocycles. The molecule has 27 heavy (non-hydrogen) atoms. The minimum absolute atomic E-state index is 0.118. The summed E-state index contributed by atoms with van der Waals surface area (Å²) >= 11 is 0. The van der Waals surface area contributed by atoms with Crippen LogP contribution in [0.1, 0.15) is 71.6 Å². The third kappa shape index (κ3) is 8.18. The maximum atomic E-state index is 11.2. The average Bonchev–Trinajstić information content (AvgIpc) is 2.97. The van der Waals surface area contributed by atoms with Crippen LogP contribution in [0, 0.1) is 17.8 Å². The smallest absolute Gasteiger partial charge is 0.305 e. The number of unbranched alkanes of at least 4 members (excludes halogenated alkanes) is 3. The molecule has 0 heterocycles. The van der Waals surface area contributed by atoms with E-state index in [1.54, 1.807) is 0 Å². The summed E-state index contributed by atoms with van der Waals surface area (Å²) < 4.78 is 10.7. The Hall–Kier alpha value is -1.13. The number of methoxy groups -OCH3 is 1. The molecule has 5 atom stereocenters. The van der Waals surface area contributed by atoms with Crippen LogP contribution in [0.3, 0.4) is 0 Å². The highest BCUT2D eigenvalue weighted by molar-refractivity contribution is 5.69. The molecule has 0 aromatic rings. The van der Waals surface area contributed by atoms with Crippen molar-refractivity contribution in [1.29, 1.82) is 0 Å². The van der Waals surface area contributed by atoms with E-state index in [2.05, 4.69) is 36.5 Å². The Bertz CT molecular complexity index is 446. The first-order valence-electron chi connectivity index (χ1n) is 10.7. The summed E-state index contributed by atoms with van der Waals surface area (Å²) in [5.41, 5.74) is 0. The molecule has 1 saturated carbocycles. The highest BCUT2D eigenvalue weighted by Gasteiger charge is 2.45. The van der Waals surface area contributed by atoms with Crippen molar-refractivity contribution in [2.45, 2.75) is 83.8 Å². The van der Waals surface area contributed by atoms with Gasteiger partial charge >= 0.3 is 5.97 Å². The summed E-state index contributed by atoms with van der Waals surface area (Å²) in [7, 11) is 1.42. The second-order valence-corrected chi connectivity index (χ2v) is 7.61. The van der Waals surface area contributed by atoms with Crippen molar-refractivity contribution in [2.24, 2.45) is 17.8 Å². The Morgan fingerprint density at radius 1 is 1.26 bits per heavy atom. The zero-order chi connectivity index (χ0) is 20.1. The number of aliphatic hydroxyl groups excluding tert-OH is 1. The fourth-order valence-corrected chi connectivity index (χ4v) is 4.34. The molecule has 0 aromatic carbocycles. The molecule has 0 bridgehead atoms. The highest BCUT2D eigenvalue weighted by Crippen LogP contribution is 2.43. The van der Waals surface area contributed by atoms with Crippen molar-refractivity contribution in [3.8, 4) is 0 Å². The summed E-state index contributed by atoms with van der Waals surface area (Å²) in [5, 5.41) is 10.7. The Balaban J connectivity index is 2.66. The van der Waals surface area contributed by atoms with Crippen molar-refractivity contribution in [2.75, 3.05) is 13.7 Å². The van der Waals surface area contributed by atoms with Crippen LogP contribution in [0.2, 0.25) is 0 Å². The Morgan fingerprint density at radius 3 is 2.67 bits per heavy atom. The molecule has 0 aliphatic heterocycles. The first-order chi connectivity index (χ1) is 13.1. The van der Waals surface area contributed by atoms with Gasteiger partial charge in [0.1, 0.15) is 0 Å². The summed E-state index contributed by atoms with van der Waals surface area (Å²) in [5.74, 6) is 0.773. The zero-order valence-electron chi connectivity index (χ0n) is 17.6. The molecule has 0 amide bonds. The summed E-state index contributed by atoms with van der Waals surface area (Å²) in [6, 6.07) is 0. The van der Waals surface area contributed by atoms with E-state index in [4.69, 9.17) is 4.74 Å². The lowest BCUT2D eigenvalue weighted by Gasteiger charge is -2.31. The predicted molar refractivity (Wildman–Crippen MR) is 110 cm³/mol. The maximum Gasteiger partial charge on any atom is 0.305 e. The van der Waals surface area contributed by atoms with Gasteiger partial charge in [0.2, 0.25) is 0 Å². The van der Waals surface area contributed by atoms with Gasteiger partial charge in [0.05, 0.1) is 19.3 Å². The van der Waals surface area contributed by atoms with Crippen molar-refractivity contribution < 1.29 is 19.4 Å². The van der Waals surface area contributed by atoms with E-state index in [1.807, 2.05) is 6.92 Å². The van der Waals surface area contributed by atoms with Gasteiger partial charge in [-0.05, 0) is 50.4 Å². The Morgan fingerprint density at radius 2 is 2.04 bits per heavy atom. The SMILES string of the molecule is C=CC(CCCCC)C1C(OCC)CC(O)C1CC=CCCCC(=O)OC. The molecule has 0 saturated heterocycles. The quantitative estimate of drug-likeness (QED) is 0.260. The normalized spacial score (nSPS) is 26.4. The lowest BCUT2D eigenvalue weighted by Crippen LogP contribution is -2.30. The van der Waals surface area contributed by atoms with Gasteiger partial charge in [0.25, 0.3) is 0 Å². The molecule has 1 fully saturated rings. The number of rotatable bonds is 14. The van der Waals surface area contributed by atoms with E-state index in [-0.39, 0.29) is 24.1 Å². The molecular weight excluding hydrogens is 340 g/mol. The Labute approximate surface area is 166 Å². The highest BCUT2D eigenvalue weighted by atomic mass is 16.5. The van der Waals surface area contributed by atoms with Crippen LogP contribution >= 0.6 is 0 Å². The van der Waals surface area contributed by atoms with Gasteiger partial charge in [-0.1, -0.05) is 44.4 Å². The predicted octanol–water partition coefficient (Wildman–Crippen LogP) is 5.06. The van der Waals surface area contributed by atoms with Crippen LogP contribution in [-0.2, 0) is 14.3 Å². The van der Waals surface area contributed by atoms with Crippen LogP contribution < -0.4 is 0 Å². The van der Waals surface area contributed by atoms with Gasteiger partial charge < -0.3 is 14.6 Å². The first-order valence-corrected chi connectivity index (χ1v) is 10.7. The molecule has 0 radical (unpaired) electrons. The fourth-order valence-electron chi connectivity index (χ4n) is 4.34. The number of esters is 1. The molecule has 1 rings (SSSR count). The second-order valence-electron chi connectivity index (χ2n) is 7.61. The lowest BCUT2D eigenvalue weighted by molar-refractivity contribution is -0.140. The number of hydrogen-bond donors (Lipinski definition) is 1. The molecule has 4 heteroatoms. The average molecular weight is 381 g/mol. The number of aliphatic hydroxyl groups is 1. The molecular formula is C23H40O4. The van der Waals surface area contributed by atoms with Gasteiger partial charge in [-0.2, -0.15) is 0 Å². The summed E-state index contributed by atoms with van der Waals surface area (Å²) in [6.45, 7) is 9.02. The number of ether oxygens (including phenoxy) is 2. The Kier molecular flexibility index (Phi) is 12.4. The first kappa shape index (κ1) is 23.9. The van der Waals surface area contributed by atoms with Gasteiger partial charge in [-0.25, -0.2) is 0 Å². The van der Waals surface area contributed by atoms with Crippen LogP contribution in [-0.4, -0.2) is 37.0 Å². The van der Waals surface area contributed by atoms with E-state index in [0.29, 0.717) is 24.9 Å². The van der Waals surface area contributed by atoms with Crippen LogP contribution in [0.15, 0.2) is 24.8 Å². The van der Waals surface area contributed by atoms with Gasteiger partial charge in [-0.3, -0.25) is 4.79 Å². The maximum absolute atomic E-state index is 11.2. The minimum Gasteiger partial charge on any atom is -0.469 e. The van der Waals surface area contributed by atoms with Gasteiger partial charge in [0.15, 0.2) is 0 Å². The second kappa shape index (κ2) is 14.0. The third-order valence-corrected chi connectivity index (χ3v) is 5.76. The summed E-state index contributed by atoms with van der Waals surface area (Å²) in [4.78, 5) is 11.2. The van der Waals surface area contributed by atoms with E-state index < -0.39 is 0 Å². The van der Waals surface area contributed by atoms with Crippen molar-refractivity contribution in [3.05, 3.63) is 24.8 Å². The van der Waals surface area contributed by atoms with Crippen LogP contribution in [0.5, 0.6) is 0 Å². The molecule has 156 valence electrons. The molecule has 1 N–H and O–H groups in total. The minimum atomic E-state index is -0.320. The third-order valence-electron chi connectivity index (χ3n) is 5.76. The van der Waals surface area contributed by atoms with E-state index in [1.165, 1.54) is 26.4 Å². The number of carbonyl (C=O) groups excluding carboxylic acids is 1. The lowest BCUT2D eigenvalue weighted by atomic mass is 9.78. The molecule has 1 aliphatic rings. The number of allylic oxidation sites excluding steroid dienone is 3. The van der Waals surface area contributed by atoms with Crippen molar-refractivity contribution in [1.82, 2.24) is 0 Å². The van der Waals surface area contributed by atoms with Crippen LogP contribution in [0.25, 0.3) is 0 Å². The van der Waals surface area contributed by atoms with Crippen molar-refractivity contribution >= 4 is 5.97 Å². The number of carbonyl (C=O) groups is 1. The number of hydrogen-bond acceptors (Lipinski definition) is 4. The van der Waals surface area contributed by atoms with E-state index in [0.717, 1.165) is 32.1 Å². The van der Waals surface area contributed by atoms with Crippen LogP contribution in [0.4, 0.5) is 0 Å². The zero-order valence-corrected chi connectivity index (χ0v) is 17.6. The molecule has 4 nitrogen and oxygen atoms in total. The monoisotopic (exact) mass is 380 g/mol. The topological polar surface area (TPSA) is 55.8 Å². The molecule has 5 unspecified atom stereocenters.